The molecule has 0 aromatic heterocycles. The summed E-state index contributed by atoms with van der Waals surface area (Å²) in [6.07, 6.45) is 1.34. The molecule has 6 heteroatoms. The molecule has 1 fully saturated rings. The van der Waals surface area contributed by atoms with Crippen molar-refractivity contribution in [2.75, 3.05) is 36.4 Å². The summed E-state index contributed by atoms with van der Waals surface area (Å²) in [5.74, 6) is 0.136. The fraction of sp³-hybridized carbons (Fsp3) is 0.562. The highest BCUT2D eigenvalue weighted by Gasteiger charge is 2.32. The Morgan fingerprint density at radius 2 is 2.23 bits per heavy atom. The number of rotatable bonds is 4. The van der Waals surface area contributed by atoms with E-state index < -0.39 is 0 Å². The molecule has 2 heterocycles. The molecular formula is C16H23ClN2O3. The van der Waals surface area contributed by atoms with Gasteiger partial charge in [-0.05, 0) is 24.6 Å². The first-order valence-corrected chi connectivity index (χ1v) is 8.19. The molecule has 0 bridgehead atoms. The number of halogens is 1. The highest BCUT2D eigenvalue weighted by atomic mass is 35.5. The van der Waals surface area contributed by atoms with Gasteiger partial charge in [-0.15, -0.1) is 11.6 Å². The number of benzene rings is 1. The number of anilines is 2. The number of hydrogen-bond donors (Lipinski definition) is 1. The van der Waals surface area contributed by atoms with Crippen molar-refractivity contribution in [3.63, 3.8) is 0 Å². The molecule has 0 aliphatic carbocycles. The molecule has 2 unspecified atom stereocenters. The van der Waals surface area contributed by atoms with Gasteiger partial charge in [-0.2, -0.15) is 0 Å². The number of hydrogen-bond acceptors (Lipinski definition) is 5. The quantitative estimate of drug-likeness (QED) is 0.680. The van der Waals surface area contributed by atoms with Crippen LogP contribution >= 0.6 is 11.6 Å². The van der Waals surface area contributed by atoms with Crippen LogP contribution in [0.3, 0.4) is 0 Å². The fourth-order valence-electron chi connectivity index (χ4n) is 2.56. The monoisotopic (exact) mass is 326 g/mol. The normalized spacial score (nSPS) is 21.9. The largest absolute Gasteiger partial charge is 0.465 e. The van der Waals surface area contributed by atoms with Crippen molar-refractivity contribution in [1.82, 2.24) is 0 Å². The van der Waals surface area contributed by atoms with E-state index in [1.54, 1.807) is 6.07 Å². The second-order valence-corrected chi connectivity index (χ2v) is 5.28. The van der Waals surface area contributed by atoms with Gasteiger partial charge in [-0.3, -0.25) is 0 Å². The van der Waals surface area contributed by atoms with Gasteiger partial charge in [0.2, 0.25) is 0 Å². The molecule has 1 N–H and O–H groups in total. The number of carbonyl (C=O) groups is 1. The van der Waals surface area contributed by atoms with E-state index in [9.17, 15) is 4.79 Å². The van der Waals surface area contributed by atoms with Crippen LogP contribution in [-0.4, -0.2) is 44.4 Å². The van der Waals surface area contributed by atoms with Gasteiger partial charge in [-0.25, -0.2) is 4.79 Å². The molecule has 2 aliphatic heterocycles. The van der Waals surface area contributed by atoms with Crippen LogP contribution < -0.4 is 10.2 Å². The standard InChI is InChI=1S/C14H17ClN2O3.C2H6/c1-19-14(18)9-2-3-11-12(6-9)17(13(7-15)16-11)8-10-4-5-20-10;1-2/h2-3,6,10,13,16H,4-5,7-8H2,1H3;1-2H3. The Balaban J connectivity index is 0.000000847. The molecule has 5 nitrogen and oxygen atoms in total. The summed E-state index contributed by atoms with van der Waals surface area (Å²) >= 11 is 6.03. The van der Waals surface area contributed by atoms with Crippen LogP contribution in [0.2, 0.25) is 0 Å². The van der Waals surface area contributed by atoms with Gasteiger partial charge in [0.1, 0.15) is 6.17 Å². The number of nitrogens with one attached hydrogen (secondary N) is 1. The molecular weight excluding hydrogens is 304 g/mol. The third-order valence-corrected chi connectivity index (χ3v) is 4.06. The minimum Gasteiger partial charge on any atom is -0.465 e. The average Bonchev–Trinajstić information content (AvgIpc) is 2.88. The van der Waals surface area contributed by atoms with Gasteiger partial charge < -0.3 is 19.7 Å². The number of fused-ring (bicyclic) bond motifs is 1. The Morgan fingerprint density at radius 3 is 2.77 bits per heavy atom. The minimum absolute atomic E-state index is 0.0313. The third kappa shape index (κ3) is 3.31. The molecule has 0 radical (unpaired) electrons. The first kappa shape index (κ1) is 16.9. The maximum atomic E-state index is 11.6. The highest BCUT2D eigenvalue weighted by molar-refractivity contribution is 6.18. The van der Waals surface area contributed by atoms with E-state index in [2.05, 4.69) is 10.2 Å². The molecule has 1 aromatic carbocycles. The summed E-state index contributed by atoms with van der Waals surface area (Å²) in [6, 6.07) is 5.49. The number of carbonyl (C=O) groups excluding carboxylic acids is 1. The summed E-state index contributed by atoms with van der Waals surface area (Å²) in [7, 11) is 1.38. The zero-order valence-corrected chi connectivity index (χ0v) is 14.0. The minimum atomic E-state index is -0.332. The van der Waals surface area contributed by atoms with Crippen molar-refractivity contribution in [3.8, 4) is 0 Å². The van der Waals surface area contributed by atoms with Crippen molar-refractivity contribution in [2.24, 2.45) is 0 Å². The summed E-state index contributed by atoms with van der Waals surface area (Å²) < 4.78 is 10.3. The SMILES string of the molecule is CC.COC(=O)c1ccc2c(c1)N(CC1CCO1)C(CCl)N2. The lowest BCUT2D eigenvalue weighted by Crippen LogP contribution is -2.45. The molecule has 0 saturated carbocycles. The van der Waals surface area contributed by atoms with E-state index in [0.717, 1.165) is 30.9 Å². The average molecular weight is 327 g/mol. The predicted molar refractivity (Wildman–Crippen MR) is 89.0 cm³/mol. The molecule has 2 atom stereocenters. The van der Waals surface area contributed by atoms with Gasteiger partial charge in [0.15, 0.2) is 0 Å². The maximum absolute atomic E-state index is 11.6. The fourth-order valence-corrected chi connectivity index (χ4v) is 2.80. The van der Waals surface area contributed by atoms with Gasteiger partial charge in [0, 0.05) is 13.2 Å². The topological polar surface area (TPSA) is 50.8 Å². The second kappa shape index (κ2) is 7.70. The first-order valence-electron chi connectivity index (χ1n) is 7.66. The number of methoxy groups -OCH3 is 1. The van der Waals surface area contributed by atoms with Crippen LogP contribution in [0, 0.1) is 0 Å². The molecule has 0 spiro atoms. The molecule has 0 amide bonds. The van der Waals surface area contributed by atoms with Crippen LogP contribution in [0.5, 0.6) is 0 Å². The van der Waals surface area contributed by atoms with Crippen LogP contribution in [0.1, 0.15) is 30.6 Å². The first-order chi connectivity index (χ1) is 10.7. The zero-order valence-electron chi connectivity index (χ0n) is 13.3. The van der Waals surface area contributed by atoms with Crippen LogP contribution in [0.4, 0.5) is 11.4 Å². The Morgan fingerprint density at radius 1 is 1.50 bits per heavy atom. The smallest absolute Gasteiger partial charge is 0.337 e. The number of esters is 1. The van der Waals surface area contributed by atoms with E-state index >= 15 is 0 Å². The lowest BCUT2D eigenvalue weighted by Gasteiger charge is -2.34. The summed E-state index contributed by atoms with van der Waals surface area (Å²) in [4.78, 5) is 13.8. The van der Waals surface area contributed by atoms with Crippen molar-refractivity contribution >= 4 is 28.9 Å². The van der Waals surface area contributed by atoms with Crippen molar-refractivity contribution in [2.45, 2.75) is 32.5 Å². The zero-order chi connectivity index (χ0) is 16.1. The molecule has 122 valence electrons. The summed E-state index contributed by atoms with van der Waals surface area (Å²) in [5, 5.41) is 3.36. The van der Waals surface area contributed by atoms with E-state index in [4.69, 9.17) is 21.1 Å². The summed E-state index contributed by atoms with van der Waals surface area (Å²) in [6.45, 7) is 5.61. The maximum Gasteiger partial charge on any atom is 0.337 e. The van der Waals surface area contributed by atoms with Gasteiger partial charge >= 0.3 is 5.97 Å². The van der Waals surface area contributed by atoms with Gasteiger partial charge in [-0.1, -0.05) is 13.8 Å². The predicted octanol–water partition coefficient (Wildman–Crippen LogP) is 3.09. The van der Waals surface area contributed by atoms with Crippen LogP contribution in [-0.2, 0) is 9.47 Å². The van der Waals surface area contributed by atoms with E-state index in [1.807, 2.05) is 26.0 Å². The Hall–Kier alpha value is -1.46. The number of ether oxygens (including phenoxy) is 2. The lowest BCUT2D eigenvalue weighted by atomic mass is 10.1. The van der Waals surface area contributed by atoms with Crippen LogP contribution in [0.25, 0.3) is 0 Å². The molecule has 22 heavy (non-hydrogen) atoms. The van der Waals surface area contributed by atoms with Crippen molar-refractivity contribution < 1.29 is 14.3 Å². The highest BCUT2D eigenvalue weighted by Crippen LogP contribution is 2.36. The number of nitrogens with zero attached hydrogens (tertiary/aromatic N) is 1. The Labute approximate surface area is 136 Å². The van der Waals surface area contributed by atoms with Gasteiger partial charge in [0.25, 0.3) is 0 Å². The van der Waals surface area contributed by atoms with E-state index in [1.165, 1.54) is 7.11 Å². The van der Waals surface area contributed by atoms with E-state index in [0.29, 0.717) is 11.4 Å². The summed E-state index contributed by atoms with van der Waals surface area (Å²) in [5.41, 5.74) is 2.51. The number of alkyl halides is 1. The molecule has 2 aliphatic rings. The van der Waals surface area contributed by atoms with Gasteiger partial charge in [0.05, 0.1) is 36.0 Å². The lowest BCUT2D eigenvalue weighted by molar-refractivity contribution is -0.0448. The molecule has 1 aromatic rings. The van der Waals surface area contributed by atoms with E-state index in [-0.39, 0.29) is 18.2 Å². The second-order valence-electron chi connectivity index (χ2n) is 4.97. The Kier molecular flexibility index (Phi) is 5.91. The molecule has 3 rings (SSSR count). The third-order valence-electron chi connectivity index (χ3n) is 3.77. The Bertz CT molecular complexity index is 520. The van der Waals surface area contributed by atoms with Crippen molar-refractivity contribution in [1.29, 1.82) is 0 Å². The van der Waals surface area contributed by atoms with Crippen molar-refractivity contribution in [3.05, 3.63) is 23.8 Å². The molecule has 1 saturated heterocycles. The van der Waals surface area contributed by atoms with Crippen LogP contribution in [0.15, 0.2) is 18.2 Å².